The van der Waals surface area contributed by atoms with Crippen LogP contribution in [-0.2, 0) is 19.8 Å². The largest absolute Gasteiger partial charge is 0.392 e. The molecule has 9 heteroatoms. The van der Waals surface area contributed by atoms with Crippen LogP contribution in [0.1, 0.15) is 64.8 Å². The van der Waals surface area contributed by atoms with Crippen molar-refractivity contribution in [3.8, 4) is 0 Å². The lowest BCUT2D eigenvalue weighted by molar-refractivity contribution is -0.138. The van der Waals surface area contributed by atoms with Crippen LogP contribution in [0.25, 0.3) is 0 Å². The molecule has 202 valence electrons. The third-order valence-corrected chi connectivity index (χ3v) is 9.00. The van der Waals surface area contributed by atoms with Crippen molar-refractivity contribution < 1.29 is 28.2 Å². The van der Waals surface area contributed by atoms with Crippen molar-refractivity contribution in [2.24, 2.45) is 23.7 Å². The molecular formula is C28H38N2O6S. The van der Waals surface area contributed by atoms with Crippen LogP contribution in [0, 0.1) is 23.7 Å². The predicted octanol–water partition coefficient (Wildman–Crippen LogP) is 3.69. The van der Waals surface area contributed by atoms with Gasteiger partial charge in [-0.15, -0.1) is 0 Å². The highest BCUT2D eigenvalue weighted by atomic mass is 32.2. The number of aliphatic hydroxyl groups excluding tert-OH is 2. The van der Waals surface area contributed by atoms with Crippen molar-refractivity contribution >= 4 is 22.0 Å². The van der Waals surface area contributed by atoms with E-state index in [4.69, 9.17) is 0 Å². The maximum absolute atomic E-state index is 14.2. The van der Waals surface area contributed by atoms with Gasteiger partial charge in [-0.2, -0.15) is 8.42 Å². The Morgan fingerprint density at radius 2 is 0.946 bits per heavy atom. The molecule has 0 spiro atoms. The molecule has 0 aliphatic carbocycles. The van der Waals surface area contributed by atoms with E-state index in [0.717, 1.165) is 8.61 Å². The van der Waals surface area contributed by atoms with Gasteiger partial charge in [-0.3, -0.25) is 9.59 Å². The minimum absolute atomic E-state index is 0.289. The van der Waals surface area contributed by atoms with Gasteiger partial charge in [0.25, 0.3) is 0 Å². The van der Waals surface area contributed by atoms with Gasteiger partial charge in [-0.05, 0) is 23.0 Å². The van der Waals surface area contributed by atoms with Gasteiger partial charge in [0.15, 0.2) is 0 Å². The number of hydrogen-bond acceptors (Lipinski definition) is 6. The molecule has 2 amide bonds. The van der Waals surface area contributed by atoms with E-state index in [2.05, 4.69) is 0 Å². The van der Waals surface area contributed by atoms with Crippen LogP contribution < -0.4 is 0 Å². The second-order valence-corrected chi connectivity index (χ2v) is 12.2. The van der Waals surface area contributed by atoms with Crippen molar-refractivity contribution in [1.29, 1.82) is 0 Å². The van der Waals surface area contributed by atoms with Gasteiger partial charge >= 0.3 is 10.2 Å². The molecule has 1 fully saturated rings. The highest BCUT2D eigenvalue weighted by Gasteiger charge is 2.58. The van der Waals surface area contributed by atoms with Crippen molar-refractivity contribution in [2.75, 3.05) is 0 Å². The quantitative estimate of drug-likeness (QED) is 0.538. The highest BCUT2D eigenvalue weighted by Crippen LogP contribution is 2.49. The molecule has 6 atom stereocenters. The summed E-state index contributed by atoms with van der Waals surface area (Å²) in [7, 11) is -4.68. The summed E-state index contributed by atoms with van der Waals surface area (Å²) in [4.78, 5) is 27.7. The first-order valence-corrected chi connectivity index (χ1v) is 14.1. The maximum Gasteiger partial charge on any atom is 0.332 e. The molecule has 2 aromatic rings. The average Bonchev–Trinajstić information content (AvgIpc) is 3.13. The van der Waals surface area contributed by atoms with Gasteiger partial charge in [0.2, 0.25) is 11.8 Å². The molecule has 0 radical (unpaired) electrons. The van der Waals surface area contributed by atoms with Crippen LogP contribution in [0.5, 0.6) is 0 Å². The Bertz CT molecular complexity index is 1100. The molecule has 1 aliphatic heterocycles. The molecule has 0 bridgehead atoms. The Labute approximate surface area is 220 Å². The van der Waals surface area contributed by atoms with Crippen LogP contribution in [0.2, 0.25) is 0 Å². The molecular weight excluding hydrogens is 492 g/mol. The van der Waals surface area contributed by atoms with E-state index in [1.807, 2.05) is 0 Å². The fourth-order valence-electron chi connectivity index (χ4n) is 4.92. The second-order valence-electron chi connectivity index (χ2n) is 10.5. The van der Waals surface area contributed by atoms with Crippen molar-refractivity contribution in [1.82, 2.24) is 8.61 Å². The smallest absolute Gasteiger partial charge is 0.332 e. The van der Waals surface area contributed by atoms with Crippen LogP contribution in [0.4, 0.5) is 0 Å². The van der Waals surface area contributed by atoms with Crippen LogP contribution in [0.15, 0.2) is 60.7 Å². The average molecular weight is 531 g/mol. The SMILES string of the molecule is CC(C)[C@@H](O)[C@H](C)C(=O)N1[C@@H](c2ccccc2)[C@H](c2ccccc2)N(C(=O)[C@@H](C)[C@H](O)C(C)C)S1(=O)=O. The molecule has 1 saturated heterocycles. The summed E-state index contributed by atoms with van der Waals surface area (Å²) in [6.07, 6.45) is -2.17. The Hall–Kier alpha value is -2.75. The Morgan fingerprint density at radius 1 is 0.649 bits per heavy atom. The first kappa shape index (κ1) is 28.8. The van der Waals surface area contributed by atoms with E-state index in [1.54, 1.807) is 88.4 Å². The third kappa shape index (κ3) is 5.44. The summed E-state index contributed by atoms with van der Waals surface area (Å²) >= 11 is 0. The van der Waals surface area contributed by atoms with E-state index >= 15 is 0 Å². The molecule has 37 heavy (non-hydrogen) atoms. The fourth-order valence-corrected chi connectivity index (χ4v) is 6.95. The molecule has 1 heterocycles. The monoisotopic (exact) mass is 530 g/mol. The summed E-state index contributed by atoms with van der Waals surface area (Å²) in [5, 5.41) is 21.4. The maximum atomic E-state index is 14.2. The topological polar surface area (TPSA) is 115 Å². The summed E-state index contributed by atoms with van der Waals surface area (Å²) in [6, 6.07) is 15.3. The number of aliphatic hydroxyl groups is 2. The third-order valence-electron chi connectivity index (χ3n) is 7.19. The first-order chi connectivity index (χ1) is 17.3. The number of carbonyl (C=O) groups excluding carboxylic acids is 2. The van der Waals surface area contributed by atoms with E-state index in [1.165, 1.54) is 13.8 Å². The molecule has 1 aliphatic rings. The van der Waals surface area contributed by atoms with Gasteiger partial charge in [0, 0.05) is 0 Å². The number of benzene rings is 2. The van der Waals surface area contributed by atoms with Crippen LogP contribution in [0.3, 0.4) is 0 Å². The van der Waals surface area contributed by atoms with Crippen molar-refractivity contribution in [3.63, 3.8) is 0 Å². The second kappa shape index (κ2) is 11.3. The minimum atomic E-state index is -4.68. The molecule has 0 aromatic heterocycles. The number of hydrogen-bond donors (Lipinski definition) is 2. The summed E-state index contributed by atoms with van der Waals surface area (Å²) in [5.41, 5.74) is 1.07. The number of rotatable bonds is 8. The molecule has 2 aromatic carbocycles. The van der Waals surface area contributed by atoms with Gasteiger partial charge in [0.1, 0.15) is 12.1 Å². The van der Waals surface area contributed by atoms with Crippen LogP contribution in [-0.4, -0.2) is 51.3 Å². The van der Waals surface area contributed by atoms with Gasteiger partial charge < -0.3 is 10.2 Å². The lowest BCUT2D eigenvalue weighted by atomic mass is 9.89. The Kier molecular flexibility index (Phi) is 8.82. The Morgan fingerprint density at radius 3 is 1.22 bits per heavy atom. The van der Waals surface area contributed by atoms with E-state index in [9.17, 15) is 28.2 Å². The lowest BCUT2D eigenvalue weighted by Crippen LogP contribution is -2.47. The van der Waals surface area contributed by atoms with E-state index in [0.29, 0.717) is 11.1 Å². The highest BCUT2D eigenvalue weighted by molar-refractivity contribution is 7.88. The molecule has 2 N–H and O–H groups in total. The number of amides is 2. The van der Waals surface area contributed by atoms with Gasteiger partial charge in [-0.25, -0.2) is 8.61 Å². The van der Waals surface area contributed by atoms with Crippen LogP contribution >= 0.6 is 0 Å². The predicted molar refractivity (Wildman–Crippen MR) is 141 cm³/mol. The van der Waals surface area contributed by atoms with Gasteiger partial charge in [0.05, 0.1) is 24.0 Å². The number of carbonyl (C=O) groups is 2. The Balaban J connectivity index is 2.28. The zero-order valence-corrected chi connectivity index (χ0v) is 23.0. The normalized spacial score (nSPS) is 22.6. The zero-order chi connectivity index (χ0) is 27.7. The van der Waals surface area contributed by atoms with E-state index in [-0.39, 0.29) is 11.8 Å². The minimum Gasteiger partial charge on any atom is -0.392 e. The van der Waals surface area contributed by atoms with Crippen molar-refractivity contribution in [2.45, 2.75) is 65.8 Å². The van der Waals surface area contributed by atoms with E-state index < -0.39 is 58.2 Å². The molecule has 3 rings (SSSR count). The van der Waals surface area contributed by atoms with Crippen molar-refractivity contribution in [3.05, 3.63) is 71.8 Å². The number of nitrogens with zero attached hydrogens (tertiary/aromatic N) is 2. The molecule has 0 unspecified atom stereocenters. The molecule has 0 saturated carbocycles. The zero-order valence-electron chi connectivity index (χ0n) is 22.2. The fraction of sp³-hybridized carbons (Fsp3) is 0.500. The first-order valence-electron chi connectivity index (χ1n) is 12.7. The van der Waals surface area contributed by atoms with Gasteiger partial charge in [-0.1, -0.05) is 102 Å². The standard InChI is InChI=1S/C28H38N2O6S/c1-17(2)25(31)19(5)27(33)29-23(21-13-9-7-10-14-21)24(22-15-11-8-12-16-22)30(37(29,35)36)28(34)20(6)26(32)18(3)4/h7-20,23-26,31-32H,1-6H3/t19-,20-,23-,24-,25+,26+/m0/s1. The summed E-state index contributed by atoms with van der Waals surface area (Å²) in [5.74, 6) is -4.23. The lowest BCUT2D eigenvalue weighted by Gasteiger charge is -2.30. The molecule has 8 nitrogen and oxygen atoms in total. The summed E-state index contributed by atoms with van der Waals surface area (Å²) in [6.45, 7) is 9.99. The summed E-state index contributed by atoms with van der Waals surface area (Å²) < 4.78 is 29.9.